The standard InChI is InChI=1S/C34H32N6O4/c1-21-17-26(10-11-28(21)39-33-36-16-13-29(40-33)24-8-6-15-35-20-24)37-31(42)23-7-5-9-25(18-23)38-32(43)27-19-34(3,22(2)44-4)14-12-30(27)41/h5-11,13,15-20H,2,12,14H2,1,3-4H3,(H,37,42)(H,38,43)(H,36,39,40). The van der Waals surface area contributed by atoms with Crippen molar-refractivity contribution in [3.8, 4) is 11.3 Å². The molecule has 4 aromatic rings. The van der Waals surface area contributed by atoms with Crippen LogP contribution in [0.15, 0.2) is 103 Å². The van der Waals surface area contributed by atoms with Crippen molar-refractivity contribution >= 4 is 40.6 Å². The third kappa shape index (κ3) is 6.70. The predicted molar refractivity (Wildman–Crippen MR) is 169 cm³/mol. The largest absolute Gasteiger partial charge is 0.501 e. The quantitative estimate of drug-likeness (QED) is 0.155. The lowest BCUT2D eigenvalue weighted by Crippen LogP contribution is -2.30. The van der Waals surface area contributed by atoms with E-state index in [-0.39, 0.29) is 23.7 Å². The van der Waals surface area contributed by atoms with Gasteiger partial charge in [-0.1, -0.05) is 18.7 Å². The number of allylic oxidation sites excluding steroid dienone is 1. The number of aromatic nitrogens is 3. The maximum atomic E-state index is 13.1. The number of ketones is 1. The van der Waals surface area contributed by atoms with Crippen molar-refractivity contribution in [2.75, 3.05) is 23.1 Å². The summed E-state index contributed by atoms with van der Waals surface area (Å²) in [6.07, 6.45) is 7.45. The molecule has 1 unspecified atom stereocenters. The van der Waals surface area contributed by atoms with E-state index in [0.29, 0.717) is 35.1 Å². The van der Waals surface area contributed by atoms with Crippen molar-refractivity contribution in [3.63, 3.8) is 0 Å². The number of carbonyl (C=O) groups excluding carboxylic acids is 3. The number of anilines is 4. The molecule has 3 N–H and O–H groups in total. The van der Waals surface area contributed by atoms with Gasteiger partial charge in [0.2, 0.25) is 5.95 Å². The molecule has 0 saturated carbocycles. The van der Waals surface area contributed by atoms with Gasteiger partial charge in [0.25, 0.3) is 11.8 Å². The first-order valence-electron chi connectivity index (χ1n) is 14.0. The van der Waals surface area contributed by atoms with Crippen LogP contribution in [0.5, 0.6) is 0 Å². The van der Waals surface area contributed by atoms with Crippen molar-refractivity contribution in [1.82, 2.24) is 15.0 Å². The summed E-state index contributed by atoms with van der Waals surface area (Å²) < 4.78 is 5.29. The van der Waals surface area contributed by atoms with Crippen LogP contribution in [-0.2, 0) is 14.3 Å². The minimum absolute atomic E-state index is 0.0465. The smallest absolute Gasteiger partial charge is 0.258 e. The Labute approximate surface area is 255 Å². The lowest BCUT2D eigenvalue weighted by atomic mass is 9.76. The van der Waals surface area contributed by atoms with Crippen LogP contribution >= 0.6 is 0 Å². The SMILES string of the molecule is C=C(OC)C1(C)C=C(C(=O)Nc2cccc(C(=O)Nc3ccc(Nc4nccc(-c5cccnc5)n4)c(C)c3)c2)C(=O)CC1. The fourth-order valence-corrected chi connectivity index (χ4v) is 4.86. The highest BCUT2D eigenvalue weighted by Gasteiger charge is 2.35. The van der Waals surface area contributed by atoms with E-state index in [1.54, 1.807) is 55.0 Å². The normalized spacial score (nSPS) is 16.0. The molecule has 1 atom stereocenters. The molecule has 0 spiro atoms. The van der Waals surface area contributed by atoms with Crippen LogP contribution in [0.25, 0.3) is 11.3 Å². The molecule has 10 heteroatoms. The van der Waals surface area contributed by atoms with Gasteiger partial charge < -0.3 is 20.7 Å². The van der Waals surface area contributed by atoms with Crippen molar-refractivity contribution in [1.29, 1.82) is 0 Å². The van der Waals surface area contributed by atoms with Gasteiger partial charge in [-0.25, -0.2) is 9.97 Å². The maximum Gasteiger partial charge on any atom is 0.258 e. The zero-order valence-electron chi connectivity index (χ0n) is 24.7. The topological polar surface area (TPSA) is 135 Å². The number of benzene rings is 2. The number of amides is 2. The number of ether oxygens (including phenoxy) is 1. The number of pyridine rings is 1. The number of Topliss-reactive ketones (excluding diaryl/α,β-unsaturated/α-hetero) is 1. The molecule has 1 aliphatic rings. The fraction of sp³-hybridized carbons (Fsp3) is 0.176. The first-order valence-corrected chi connectivity index (χ1v) is 14.0. The molecule has 10 nitrogen and oxygen atoms in total. The van der Waals surface area contributed by atoms with Gasteiger partial charge in [-0.15, -0.1) is 0 Å². The van der Waals surface area contributed by atoms with Crippen LogP contribution in [0, 0.1) is 12.3 Å². The molecular weight excluding hydrogens is 556 g/mol. The Balaban J connectivity index is 1.25. The molecule has 5 rings (SSSR count). The maximum absolute atomic E-state index is 13.1. The molecule has 44 heavy (non-hydrogen) atoms. The Bertz CT molecular complexity index is 1790. The summed E-state index contributed by atoms with van der Waals surface area (Å²) in [5, 5.41) is 8.87. The highest BCUT2D eigenvalue weighted by molar-refractivity contribution is 6.24. The van der Waals surface area contributed by atoms with Gasteiger partial charge in [-0.3, -0.25) is 19.4 Å². The molecule has 0 fully saturated rings. The molecule has 0 radical (unpaired) electrons. The second-order valence-corrected chi connectivity index (χ2v) is 10.7. The third-order valence-corrected chi connectivity index (χ3v) is 7.49. The Hall–Kier alpha value is -5.64. The molecule has 222 valence electrons. The van der Waals surface area contributed by atoms with Crippen LogP contribution in [0.2, 0.25) is 0 Å². The van der Waals surface area contributed by atoms with E-state index in [1.807, 2.05) is 44.2 Å². The van der Waals surface area contributed by atoms with E-state index in [0.717, 1.165) is 22.5 Å². The van der Waals surface area contributed by atoms with E-state index in [9.17, 15) is 14.4 Å². The van der Waals surface area contributed by atoms with Crippen molar-refractivity contribution in [2.45, 2.75) is 26.7 Å². The van der Waals surface area contributed by atoms with Crippen LogP contribution in [-0.4, -0.2) is 39.7 Å². The average molecular weight is 589 g/mol. The van der Waals surface area contributed by atoms with Crippen molar-refractivity contribution in [2.24, 2.45) is 5.41 Å². The Kier molecular flexibility index (Phi) is 8.61. The van der Waals surface area contributed by atoms with E-state index in [2.05, 4.69) is 37.5 Å². The molecule has 2 amide bonds. The number of rotatable bonds is 9. The molecule has 2 heterocycles. The highest BCUT2D eigenvalue weighted by Crippen LogP contribution is 2.38. The predicted octanol–water partition coefficient (Wildman–Crippen LogP) is 6.24. The summed E-state index contributed by atoms with van der Waals surface area (Å²) in [6.45, 7) is 7.70. The van der Waals surface area contributed by atoms with Gasteiger partial charge >= 0.3 is 0 Å². The molecule has 1 aliphatic carbocycles. The zero-order chi connectivity index (χ0) is 31.3. The van der Waals surface area contributed by atoms with E-state index < -0.39 is 11.3 Å². The average Bonchev–Trinajstić information content (AvgIpc) is 3.04. The Morgan fingerprint density at radius 1 is 0.977 bits per heavy atom. The molecule has 0 bridgehead atoms. The van der Waals surface area contributed by atoms with E-state index >= 15 is 0 Å². The zero-order valence-corrected chi connectivity index (χ0v) is 24.7. The van der Waals surface area contributed by atoms with Crippen LogP contribution in [0.4, 0.5) is 23.0 Å². The Morgan fingerprint density at radius 3 is 2.52 bits per heavy atom. The first-order chi connectivity index (χ1) is 21.1. The highest BCUT2D eigenvalue weighted by atomic mass is 16.5. The first kappa shape index (κ1) is 29.8. The molecule has 2 aromatic carbocycles. The lowest BCUT2D eigenvalue weighted by Gasteiger charge is -2.31. The summed E-state index contributed by atoms with van der Waals surface area (Å²) in [6, 6.07) is 17.6. The summed E-state index contributed by atoms with van der Waals surface area (Å²) >= 11 is 0. The van der Waals surface area contributed by atoms with Crippen molar-refractivity contribution in [3.05, 3.63) is 114 Å². The fourth-order valence-electron chi connectivity index (χ4n) is 4.86. The van der Waals surface area contributed by atoms with E-state index in [1.165, 1.54) is 7.11 Å². The number of methoxy groups -OCH3 is 1. The summed E-state index contributed by atoms with van der Waals surface area (Å²) in [5.41, 5.74) is 4.01. The van der Waals surface area contributed by atoms with Crippen LogP contribution in [0.1, 0.15) is 35.7 Å². The number of carbonyl (C=O) groups is 3. The van der Waals surface area contributed by atoms with Gasteiger partial charge in [-0.05, 0) is 80.4 Å². The van der Waals surface area contributed by atoms with Crippen LogP contribution < -0.4 is 16.0 Å². The van der Waals surface area contributed by atoms with Gasteiger partial charge in [0.05, 0.1) is 24.1 Å². The van der Waals surface area contributed by atoms with Gasteiger partial charge in [0, 0.05) is 58.6 Å². The van der Waals surface area contributed by atoms with Crippen LogP contribution in [0.3, 0.4) is 0 Å². The number of nitrogens with zero attached hydrogens (tertiary/aromatic N) is 3. The van der Waals surface area contributed by atoms with Gasteiger partial charge in [-0.2, -0.15) is 0 Å². The summed E-state index contributed by atoms with van der Waals surface area (Å²) in [5.74, 6) is -0.235. The number of hydrogen-bond acceptors (Lipinski definition) is 8. The van der Waals surface area contributed by atoms with Gasteiger partial charge in [0.15, 0.2) is 5.78 Å². The molecule has 0 aliphatic heterocycles. The number of aryl methyl sites for hydroxylation is 1. The van der Waals surface area contributed by atoms with E-state index in [4.69, 9.17) is 4.74 Å². The molecule has 0 saturated heterocycles. The van der Waals surface area contributed by atoms with Crippen molar-refractivity contribution < 1.29 is 19.1 Å². The molecule has 2 aromatic heterocycles. The monoisotopic (exact) mass is 588 g/mol. The molecular formula is C34H32N6O4. The number of hydrogen-bond donors (Lipinski definition) is 3. The summed E-state index contributed by atoms with van der Waals surface area (Å²) in [7, 11) is 1.51. The number of nitrogens with one attached hydrogen (secondary N) is 3. The summed E-state index contributed by atoms with van der Waals surface area (Å²) in [4.78, 5) is 51.7. The second-order valence-electron chi connectivity index (χ2n) is 10.7. The third-order valence-electron chi connectivity index (χ3n) is 7.49. The second kappa shape index (κ2) is 12.7. The lowest BCUT2D eigenvalue weighted by molar-refractivity contribution is -0.121. The van der Waals surface area contributed by atoms with Gasteiger partial charge in [0.1, 0.15) is 0 Å². The minimum atomic E-state index is -0.628. The Morgan fingerprint density at radius 2 is 1.77 bits per heavy atom. The minimum Gasteiger partial charge on any atom is -0.501 e.